The molecule has 3 aromatic heterocycles. The second-order valence-electron chi connectivity index (χ2n) is 7.62. The molecule has 2 aromatic carbocycles. The predicted octanol–water partition coefficient (Wildman–Crippen LogP) is 4.77. The normalized spacial score (nSPS) is 11.8. The van der Waals surface area contributed by atoms with Crippen molar-refractivity contribution in [3.8, 4) is 22.5 Å². The lowest BCUT2D eigenvalue weighted by Gasteiger charge is -2.12. The summed E-state index contributed by atoms with van der Waals surface area (Å²) in [4.78, 5) is 4.13. The van der Waals surface area contributed by atoms with Crippen molar-refractivity contribution in [3.05, 3.63) is 77.6 Å². The molecule has 0 saturated carbocycles. The Morgan fingerprint density at radius 2 is 1.79 bits per heavy atom. The van der Waals surface area contributed by atoms with E-state index in [1.54, 1.807) is 6.07 Å². The first-order valence-corrected chi connectivity index (χ1v) is 10.5. The maximum atomic E-state index is 13.3. The lowest BCUT2D eigenvalue weighted by molar-refractivity contribution is -0.136. The number of rotatable bonds is 6. The maximum absolute atomic E-state index is 13.3. The Hall–Kier alpha value is -4.28. The summed E-state index contributed by atoms with van der Waals surface area (Å²) in [6.07, 6.45) is -3.21. The number of benzene rings is 2. The molecular formula is C23H19F3N8. The van der Waals surface area contributed by atoms with Crippen LogP contribution in [0.3, 0.4) is 0 Å². The van der Waals surface area contributed by atoms with Crippen LogP contribution in [0.1, 0.15) is 23.7 Å². The Kier molecular flexibility index (Phi) is 5.44. The number of aryl methyl sites for hydroxylation is 1. The SMILES string of the molecule is CCc1cc(NCc2ccc(-c3ccccc3-c3nnn[nH]3)cc2)n2ncc(C(F)(F)F)c2n1. The average Bonchev–Trinajstić information content (AvgIpc) is 3.53. The van der Waals surface area contributed by atoms with Gasteiger partial charge in [-0.25, -0.2) is 10.1 Å². The van der Waals surface area contributed by atoms with Crippen LogP contribution < -0.4 is 5.32 Å². The average molecular weight is 464 g/mol. The molecule has 11 heteroatoms. The second kappa shape index (κ2) is 8.58. The van der Waals surface area contributed by atoms with Crippen LogP contribution in [0.5, 0.6) is 0 Å². The lowest BCUT2D eigenvalue weighted by atomic mass is 9.98. The van der Waals surface area contributed by atoms with Crippen molar-refractivity contribution in [1.29, 1.82) is 0 Å². The van der Waals surface area contributed by atoms with Crippen molar-refractivity contribution in [2.45, 2.75) is 26.1 Å². The van der Waals surface area contributed by atoms with Gasteiger partial charge in [0.1, 0.15) is 11.4 Å². The van der Waals surface area contributed by atoms with Gasteiger partial charge in [0.05, 0.1) is 6.20 Å². The zero-order valence-corrected chi connectivity index (χ0v) is 18.0. The van der Waals surface area contributed by atoms with Gasteiger partial charge in [-0.1, -0.05) is 55.5 Å². The molecule has 0 aliphatic heterocycles. The van der Waals surface area contributed by atoms with Gasteiger partial charge in [0.25, 0.3) is 0 Å². The van der Waals surface area contributed by atoms with Crippen molar-refractivity contribution in [1.82, 2.24) is 35.2 Å². The molecule has 0 bridgehead atoms. The first kappa shape index (κ1) is 21.6. The number of halogens is 3. The van der Waals surface area contributed by atoms with Gasteiger partial charge in [-0.2, -0.15) is 22.8 Å². The molecule has 0 amide bonds. The Balaban J connectivity index is 1.40. The third kappa shape index (κ3) is 4.07. The number of tetrazole rings is 1. The van der Waals surface area contributed by atoms with Gasteiger partial charge >= 0.3 is 6.18 Å². The van der Waals surface area contributed by atoms with Crippen LogP contribution in [-0.2, 0) is 19.1 Å². The van der Waals surface area contributed by atoms with Crippen LogP contribution in [-0.4, -0.2) is 35.2 Å². The number of nitrogens with zero attached hydrogens (tertiary/aromatic N) is 6. The Morgan fingerprint density at radius 3 is 2.47 bits per heavy atom. The zero-order valence-electron chi connectivity index (χ0n) is 18.0. The molecule has 0 aliphatic rings. The van der Waals surface area contributed by atoms with Crippen LogP contribution in [0, 0.1) is 0 Å². The molecule has 172 valence electrons. The summed E-state index contributed by atoms with van der Waals surface area (Å²) in [6, 6.07) is 17.4. The van der Waals surface area contributed by atoms with E-state index in [2.05, 4.69) is 36.0 Å². The van der Waals surface area contributed by atoms with E-state index >= 15 is 0 Å². The summed E-state index contributed by atoms with van der Waals surface area (Å²) >= 11 is 0. The van der Waals surface area contributed by atoms with E-state index in [4.69, 9.17) is 0 Å². The number of aromatic amines is 1. The highest BCUT2D eigenvalue weighted by atomic mass is 19.4. The van der Waals surface area contributed by atoms with E-state index in [9.17, 15) is 13.2 Å². The molecule has 34 heavy (non-hydrogen) atoms. The van der Waals surface area contributed by atoms with Crippen molar-refractivity contribution in [2.24, 2.45) is 0 Å². The van der Waals surface area contributed by atoms with E-state index in [1.165, 1.54) is 4.52 Å². The molecule has 0 spiro atoms. The van der Waals surface area contributed by atoms with Crippen LogP contribution in [0.4, 0.5) is 19.0 Å². The molecule has 5 rings (SSSR count). The van der Waals surface area contributed by atoms with Crippen molar-refractivity contribution in [3.63, 3.8) is 0 Å². The molecular weight excluding hydrogens is 445 g/mol. The molecule has 5 aromatic rings. The Bertz CT molecular complexity index is 1420. The van der Waals surface area contributed by atoms with Crippen LogP contribution >= 0.6 is 0 Å². The van der Waals surface area contributed by atoms with Gasteiger partial charge in [-0.05, 0) is 33.5 Å². The van der Waals surface area contributed by atoms with Gasteiger partial charge in [-0.15, -0.1) is 5.10 Å². The molecule has 3 heterocycles. The summed E-state index contributed by atoms with van der Waals surface area (Å²) in [5.41, 5.74) is 3.28. The fraction of sp³-hybridized carbons (Fsp3) is 0.174. The smallest absolute Gasteiger partial charge is 0.366 e. The van der Waals surface area contributed by atoms with Crippen LogP contribution in [0.25, 0.3) is 28.2 Å². The summed E-state index contributed by atoms with van der Waals surface area (Å²) in [7, 11) is 0. The van der Waals surface area contributed by atoms with Gasteiger partial charge in [0.15, 0.2) is 11.5 Å². The van der Waals surface area contributed by atoms with Crippen molar-refractivity contribution >= 4 is 11.5 Å². The molecule has 0 saturated heterocycles. The summed E-state index contributed by atoms with van der Waals surface area (Å²) in [5, 5.41) is 21.2. The third-order valence-electron chi connectivity index (χ3n) is 5.46. The fourth-order valence-corrected chi connectivity index (χ4v) is 3.73. The second-order valence-corrected chi connectivity index (χ2v) is 7.62. The zero-order chi connectivity index (χ0) is 23.7. The highest BCUT2D eigenvalue weighted by molar-refractivity contribution is 5.80. The van der Waals surface area contributed by atoms with Gasteiger partial charge in [-0.3, -0.25) is 0 Å². The summed E-state index contributed by atoms with van der Waals surface area (Å²) in [5.74, 6) is 1.02. The number of anilines is 1. The Labute approximate surface area is 191 Å². The topological polar surface area (TPSA) is 96.7 Å². The summed E-state index contributed by atoms with van der Waals surface area (Å²) in [6.45, 7) is 2.25. The highest BCUT2D eigenvalue weighted by Crippen LogP contribution is 2.33. The lowest BCUT2D eigenvalue weighted by Crippen LogP contribution is -2.10. The Morgan fingerprint density at radius 1 is 1.03 bits per heavy atom. The molecule has 8 nitrogen and oxygen atoms in total. The number of hydrogen-bond acceptors (Lipinski definition) is 6. The number of fused-ring (bicyclic) bond motifs is 1. The van der Waals surface area contributed by atoms with Crippen LogP contribution in [0.15, 0.2) is 60.8 Å². The highest BCUT2D eigenvalue weighted by Gasteiger charge is 2.35. The number of nitrogens with one attached hydrogen (secondary N) is 2. The van der Waals surface area contributed by atoms with E-state index in [1.807, 2.05) is 55.5 Å². The van der Waals surface area contributed by atoms with E-state index in [0.29, 0.717) is 30.3 Å². The number of hydrogen-bond donors (Lipinski definition) is 2. The van der Waals surface area contributed by atoms with E-state index in [-0.39, 0.29) is 5.65 Å². The van der Waals surface area contributed by atoms with Crippen LogP contribution in [0.2, 0.25) is 0 Å². The minimum Gasteiger partial charge on any atom is -0.366 e. The first-order chi connectivity index (χ1) is 16.4. The standard InChI is InChI=1S/C23H19F3N8/c1-2-16-11-20(34-22(29-16)19(13-28-34)23(24,25)26)27-12-14-7-9-15(10-8-14)17-5-3-4-6-18(17)21-30-32-33-31-21/h3-11,13,27H,2,12H2,1H3,(H,30,31,32,33). The largest absolute Gasteiger partial charge is 0.421 e. The van der Waals surface area contributed by atoms with E-state index < -0.39 is 11.7 Å². The number of H-pyrrole nitrogens is 1. The number of alkyl halides is 3. The molecule has 0 fully saturated rings. The number of aromatic nitrogens is 7. The molecule has 2 N–H and O–H groups in total. The minimum atomic E-state index is -4.52. The minimum absolute atomic E-state index is 0.205. The van der Waals surface area contributed by atoms with Crippen molar-refractivity contribution < 1.29 is 13.2 Å². The third-order valence-corrected chi connectivity index (χ3v) is 5.46. The van der Waals surface area contributed by atoms with Gasteiger partial charge < -0.3 is 5.32 Å². The first-order valence-electron chi connectivity index (χ1n) is 10.5. The van der Waals surface area contributed by atoms with Crippen molar-refractivity contribution in [2.75, 3.05) is 5.32 Å². The quantitative estimate of drug-likeness (QED) is 0.376. The van der Waals surface area contributed by atoms with Gasteiger partial charge in [0, 0.05) is 23.9 Å². The molecule has 0 aliphatic carbocycles. The molecule has 0 atom stereocenters. The van der Waals surface area contributed by atoms with E-state index in [0.717, 1.165) is 28.5 Å². The monoisotopic (exact) mass is 464 g/mol. The fourth-order valence-electron chi connectivity index (χ4n) is 3.73. The van der Waals surface area contributed by atoms with Gasteiger partial charge in [0.2, 0.25) is 0 Å². The predicted molar refractivity (Wildman–Crippen MR) is 120 cm³/mol. The maximum Gasteiger partial charge on any atom is 0.421 e. The summed E-state index contributed by atoms with van der Waals surface area (Å²) < 4.78 is 41.2. The molecule has 0 unspecified atom stereocenters. The molecule has 0 radical (unpaired) electrons.